The molecule has 0 fully saturated rings. The van der Waals surface area contributed by atoms with E-state index in [-0.39, 0.29) is 12.2 Å². The quantitative estimate of drug-likeness (QED) is 0.390. The first-order chi connectivity index (χ1) is 15.1. The van der Waals surface area contributed by atoms with Crippen molar-refractivity contribution in [1.29, 1.82) is 0 Å². The second kappa shape index (κ2) is 11.0. The van der Waals surface area contributed by atoms with Gasteiger partial charge in [0.25, 0.3) is 11.5 Å². The van der Waals surface area contributed by atoms with Gasteiger partial charge >= 0.3 is 11.7 Å². The standard InChI is InChI=1S/C20H23ClN4O6S/c1-24-16(22)15(18(28)25(2)20(24)30)14(26)10-31-19(29)13(8-9-32-3)23-17(27)11-4-6-12(21)7-5-11/h4-7,13H,8-10,22H2,1-3H3,(H,23,27). The van der Waals surface area contributed by atoms with E-state index in [9.17, 15) is 24.0 Å². The predicted octanol–water partition coefficient (Wildman–Crippen LogP) is 0.597. The number of nitrogens with two attached hydrogens (primary N) is 1. The number of amides is 1. The fourth-order valence-electron chi connectivity index (χ4n) is 2.76. The Kier molecular flexibility index (Phi) is 8.67. The number of nitrogens with zero attached hydrogens (tertiary/aromatic N) is 2. The van der Waals surface area contributed by atoms with Crippen LogP contribution in [0.4, 0.5) is 5.82 Å². The highest BCUT2D eigenvalue weighted by molar-refractivity contribution is 7.98. The molecule has 10 nitrogen and oxygen atoms in total. The van der Waals surface area contributed by atoms with Crippen molar-refractivity contribution in [3.05, 3.63) is 61.3 Å². The minimum Gasteiger partial charge on any atom is -0.456 e. The van der Waals surface area contributed by atoms with E-state index in [1.54, 1.807) is 12.1 Å². The number of ether oxygens (including phenoxy) is 1. The molecule has 1 atom stereocenters. The highest BCUT2D eigenvalue weighted by Gasteiger charge is 2.26. The van der Waals surface area contributed by atoms with Crippen LogP contribution in [-0.2, 0) is 23.6 Å². The van der Waals surface area contributed by atoms with Crippen molar-refractivity contribution >= 4 is 46.8 Å². The zero-order valence-electron chi connectivity index (χ0n) is 17.7. The Bertz CT molecular complexity index is 1140. The molecule has 1 unspecified atom stereocenters. The van der Waals surface area contributed by atoms with Crippen LogP contribution in [0.5, 0.6) is 0 Å². The van der Waals surface area contributed by atoms with Gasteiger partial charge in [-0.05, 0) is 42.7 Å². The minimum atomic E-state index is -1.02. The first kappa shape index (κ1) is 25.2. The van der Waals surface area contributed by atoms with Crippen molar-refractivity contribution in [2.75, 3.05) is 24.3 Å². The predicted molar refractivity (Wildman–Crippen MR) is 122 cm³/mol. The van der Waals surface area contributed by atoms with Crippen molar-refractivity contribution in [1.82, 2.24) is 14.5 Å². The maximum atomic E-state index is 12.6. The Morgan fingerprint density at radius 1 is 1.16 bits per heavy atom. The zero-order chi connectivity index (χ0) is 24.0. The van der Waals surface area contributed by atoms with Crippen molar-refractivity contribution in [2.24, 2.45) is 14.1 Å². The molecule has 1 amide bonds. The summed E-state index contributed by atoms with van der Waals surface area (Å²) in [5.74, 6) is -1.99. The van der Waals surface area contributed by atoms with E-state index in [1.165, 1.54) is 38.0 Å². The van der Waals surface area contributed by atoms with Crippen LogP contribution in [0.15, 0.2) is 33.9 Å². The Morgan fingerprint density at radius 3 is 2.38 bits per heavy atom. The highest BCUT2D eigenvalue weighted by Crippen LogP contribution is 2.11. The minimum absolute atomic E-state index is 0.261. The van der Waals surface area contributed by atoms with E-state index in [0.29, 0.717) is 16.3 Å². The molecule has 0 spiro atoms. The fraction of sp³-hybridized carbons (Fsp3) is 0.350. The van der Waals surface area contributed by atoms with E-state index in [4.69, 9.17) is 22.1 Å². The number of ketones is 1. The molecule has 3 N–H and O–H groups in total. The van der Waals surface area contributed by atoms with E-state index in [0.717, 1.165) is 9.13 Å². The molecular weight excluding hydrogens is 460 g/mol. The third-order valence-electron chi connectivity index (χ3n) is 4.64. The number of carbonyl (C=O) groups is 3. The Hall–Kier alpha value is -3.05. The molecule has 0 radical (unpaired) electrons. The lowest BCUT2D eigenvalue weighted by molar-refractivity contribution is -0.144. The van der Waals surface area contributed by atoms with E-state index in [2.05, 4.69) is 5.32 Å². The number of thioether (sulfide) groups is 1. The molecule has 0 bridgehead atoms. The molecule has 0 saturated carbocycles. The topological polar surface area (TPSA) is 142 Å². The van der Waals surface area contributed by atoms with Gasteiger partial charge in [-0.15, -0.1) is 0 Å². The van der Waals surface area contributed by atoms with Gasteiger partial charge in [-0.1, -0.05) is 11.6 Å². The number of benzene rings is 1. The molecule has 1 aromatic carbocycles. The van der Waals surface area contributed by atoms with Gasteiger partial charge in [-0.2, -0.15) is 11.8 Å². The second-order valence-corrected chi connectivity index (χ2v) is 8.23. The number of halogens is 1. The average molecular weight is 483 g/mol. The molecule has 0 saturated heterocycles. The van der Waals surface area contributed by atoms with Crippen LogP contribution in [0.25, 0.3) is 0 Å². The van der Waals surface area contributed by atoms with E-state index < -0.39 is 47.1 Å². The SMILES string of the molecule is CSCCC(NC(=O)c1ccc(Cl)cc1)C(=O)OCC(=O)c1c(N)n(C)c(=O)n(C)c1=O. The van der Waals surface area contributed by atoms with Crippen molar-refractivity contribution in [3.63, 3.8) is 0 Å². The number of rotatable bonds is 9. The monoisotopic (exact) mass is 482 g/mol. The zero-order valence-corrected chi connectivity index (χ0v) is 19.3. The van der Waals surface area contributed by atoms with Crippen LogP contribution in [-0.4, -0.2) is 51.5 Å². The first-order valence-electron chi connectivity index (χ1n) is 9.39. The first-order valence-corrected chi connectivity index (χ1v) is 11.2. The molecule has 32 heavy (non-hydrogen) atoms. The number of aromatic nitrogens is 2. The summed E-state index contributed by atoms with van der Waals surface area (Å²) < 4.78 is 6.75. The highest BCUT2D eigenvalue weighted by atomic mass is 35.5. The molecule has 172 valence electrons. The fourth-order valence-corrected chi connectivity index (χ4v) is 3.36. The van der Waals surface area contributed by atoms with Gasteiger partial charge in [-0.3, -0.25) is 23.5 Å². The molecule has 2 aromatic rings. The van der Waals surface area contributed by atoms with E-state index in [1.807, 2.05) is 6.26 Å². The lowest BCUT2D eigenvalue weighted by atomic mass is 10.1. The lowest BCUT2D eigenvalue weighted by Gasteiger charge is -2.17. The van der Waals surface area contributed by atoms with Gasteiger partial charge in [0.1, 0.15) is 17.4 Å². The molecule has 12 heteroatoms. The van der Waals surface area contributed by atoms with Gasteiger partial charge in [0.15, 0.2) is 6.61 Å². The summed E-state index contributed by atoms with van der Waals surface area (Å²) in [6.45, 7) is -0.775. The number of esters is 1. The van der Waals surface area contributed by atoms with Crippen LogP contribution in [0.2, 0.25) is 5.02 Å². The number of carbonyl (C=O) groups excluding carboxylic acids is 3. The molecule has 1 heterocycles. The summed E-state index contributed by atoms with van der Waals surface area (Å²) >= 11 is 7.29. The average Bonchev–Trinajstić information content (AvgIpc) is 2.77. The van der Waals surface area contributed by atoms with Gasteiger partial charge in [0.2, 0.25) is 5.78 Å². The third kappa shape index (κ3) is 5.80. The van der Waals surface area contributed by atoms with Gasteiger partial charge in [0, 0.05) is 24.7 Å². The maximum Gasteiger partial charge on any atom is 0.332 e. The molecular formula is C20H23ClN4O6S. The molecule has 0 aliphatic heterocycles. The summed E-state index contributed by atoms with van der Waals surface area (Å²) in [4.78, 5) is 61.7. The van der Waals surface area contributed by atoms with Crippen molar-refractivity contribution < 1.29 is 19.1 Å². The summed E-state index contributed by atoms with van der Waals surface area (Å²) in [5, 5.41) is 3.04. The maximum absolute atomic E-state index is 12.6. The van der Waals surface area contributed by atoms with E-state index >= 15 is 0 Å². The van der Waals surface area contributed by atoms with Gasteiger partial charge < -0.3 is 15.8 Å². The largest absolute Gasteiger partial charge is 0.456 e. The normalized spacial score (nSPS) is 11.6. The summed E-state index contributed by atoms with van der Waals surface area (Å²) in [5.41, 5.74) is 4.02. The summed E-state index contributed by atoms with van der Waals surface area (Å²) in [7, 11) is 2.52. The third-order valence-corrected chi connectivity index (χ3v) is 5.54. The number of nitrogen functional groups attached to an aromatic ring is 1. The second-order valence-electron chi connectivity index (χ2n) is 6.81. The molecule has 0 aliphatic rings. The number of anilines is 1. The summed E-state index contributed by atoms with van der Waals surface area (Å²) in [6.07, 6.45) is 2.10. The van der Waals surface area contributed by atoms with Crippen molar-refractivity contribution in [3.8, 4) is 0 Å². The van der Waals surface area contributed by atoms with Crippen molar-refractivity contribution in [2.45, 2.75) is 12.5 Å². The van der Waals surface area contributed by atoms with Crippen LogP contribution in [0.1, 0.15) is 27.1 Å². The Morgan fingerprint density at radius 2 is 1.78 bits per heavy atom. The van der Waals surface area contributed by atoms with Crippen LogP contribution >= 0.6 is 23.4 Å². The van der Waals surface area contributed by atoms with Gasteiger partial charge in [-0.25, -0.2) is 9.59 Å². The summed E-state index contributed by atoms with van der Waals surface area (Å²) in [6, 6.07) is 5.09. The Labute approximate surface area is 192 Å². The van der Waals surface area contributed by atoms with Gasteiger partial charge in [0.05, 0.1) is 0 Å². The number of Topliss-reactive ketones (excluding diaryl/α,β-unsaturated/α-hetero) is 1. The van der Waals surface area contributed by atoms with Crippen LogP contribution in [0, 0.1) is 0 Å². The van der Waals surface area contributed by atoms with Crippen LogP contribution in [0.3, 0.4) is 0 Å². The smallest absolute Gasteiger partial charge is 0.332 e. The number of hydrogen-bond donors (Lipinski definition) is 2. The Balaban J connectivity index is 2.14. The number of nitrogens with one attached hydrogen (secondary N) is 1. The molecule has 2 rings (SSSR count). The number of hydrogen-bond acceptors (Lipinski definition) is 8. The van der Waals surface area contributed by atoms with Crippen LogP contribution < -0.4 is 22.3 Å². The molecule has 0 aliphatic carbocycles. The lowest BCUT2D eigenvalue weighted by Crippen LogP contribution is -2.44. The molecule has 1 aromatic heterocycles.